The van der Waals surface area contributed by atoms with Gasteiger partial charge in [-0.15, -0.1) is 0 Å². The number of nitrogens with one attached hydrogen (secondary N) is 2. The lowest BCUT2D eigenvalue weighted by molar-refractivity contribution is 0.0527. The summed E-state index contributed by atoms with van der Waals surface area (Å²) in [6, 6.07) is 8.47. The predicted molar refractivity (Wildman–Crippen MR) is 87.8 cm³/mol. The first kappa shape index (κ1) is 17.3. The zero-order chi connectivity index (χ0) is 15.7. The van der Waals surface area contributed by atoms with Crippen LogP contribution in [0.5, 0.6) is 0 Å². The van der Waals surface area contributed by atoms with E-state index in [1.807, 2.05) is 27.8 Å². The molecule has 0 spiro atoms. The molecular formula is C17H28N2O2. The van der Waals surface area contributed by atoms with Gasteiger partial charge in [-0.25, -0.2) is 4.79 Å². The number of benzene rings is 1. The van der Waals surface area contributed by atoms with Crippen molar-refractivity contribution in [1.29, 1.82) is 0 Å². The zero-order valence-corrected chi connectivity index (χ0v) is 13.7. The van der Waals surface area contributed by atoms with Gasteiger partial charge in [-0.05, 0) is 57.7 Å². The summed E-state index contributed by atoms with van der Waals surface area (Å²) in [5.74, 6) is 0. The molecule has 1 amide bonds. The minimum absolute atomic E-state index is 0.329. The Kier molecular flexibility index (Phi) is 7.06. The van der Waals surface area contributed by atoms with E-state index >= 15 is 0 Å². The molecule has 0 bridgehead atoms. The van der Waals surface area contributed by atoms with E-state index in [-0.39, 0.29) is 6.09 Å². The maximum absolute atomic E-state index is 11.4. The van der Waals surface area contributed by atoms with E-state index in [2.05, 4.69) is 34.9 Å². The number of hydrogen-bond acceptors (Lipinski definition) is 3. The largest absolute Gasteiger partial charge is 0.444 e. The summed E-state index contributed by atoms with van der Waals surface area (Å²) in [5, 5.41) is 5.93. The van der Waals surface area contributed by atoms with Gasteiger partial charge in [-0.2, -0.15) is 0 Å². The van der Waals surface area contributed by atoms with Crippen LogP contribution in [0.4, 0.5) is 10.5 Å². The van der Waals surface area contributed by atoms with Crippen molar-refractivity contribution in [2.75, 3.05) is 18.9 Å². The summed E-state index contributed by atoms with van der Waals surface area (Å²) in [6.07, 6.45) is 3.94. The quantitative estimate of drug-likeness (QED) is 0.748. The number of unbranched alkanes of at least 4 members (excludes halogenated alkanes) is 2. The Morgan fingerprint density at radius 1 is 1.19 bits per heavy atom. The second kappa shape index (κ2) is 8.55. The van der Waals surface area contributed by atoms with Crippen LogP contribution in [0.15, 0.2) is 24.3 Å². The van der Waals surface area contributed by atoms with Crippen molar-refractivity contribution >= 4 is 11.8 Å². The third kappa shape index (κ3) is 8.23. The van der Waals surface area contributed by atoms with Crippen LogP contribution in [0.25, 0.3) is 0 Å². The minimum Gasteiger partial charge on any atom is -0.444 e. The molecular weight excluding hydrogens is 264 g/mol. The highest BCUT2D eigenvalue weighted by Crippen LogP contribution is 2.12. The first-order valence-electron chi connectivity index (χ1n) is 7.64. The number of rotatable bonds is 7. The molecule has 0 atom stereocenters. The molecule has 0 aromatic heterocycles. The molecule has 1 aromatic rings. The Hall–Kier alpha value is -1.71. The number of alkyl carbamates (subject to hydrolysis) is 1. The van der Waals surface area contributed by atoms with Crippen molar-refractivity contribution in [1.82, 2.24) is 5.32 Å². The highest BCUT2D eigenvalue weighted by atomic mass is 16.6. The topological polar surface area (TPSA) is 50.4 Å². The standard InChI is InChI=1S/C17H28N2O2/c1-17(2,3)21-16(20)19-12-7-5-6-9-14-10-8-11-15(13-14)18-4/h8,10-11,13,18H,5-7,9,12H2,1-4H3,(H,19,20). The van der Waals surface area contributed by atoms with Crippen LogP contribution >= 0.6 is 0 Å². The van der Waals surface area contributed by atoms with Crippen LogP contribution < -0.4 is 10.6 Å². The van der Waals surface area contributed by atoms with Crippen molar-refractivity contribution in [3.05, 3.63) is 29.8 Å². The number of anilines is 1. The van der Waals surface area contributed by atoms with Crippen LogP contribution in [-0.2, 0) is 11.2 Å². The van der Waals surface area contributed by atoms with Crippen LogP contribution in [0.1, 0.15) is 45.6 Å². The van der Waals surface area contributed by atoms with Crippen LogP contribution in [0, 0.1) is 0 Å². The van der Waals surface area contributed by atoms with E-state index in [9.17, 15) is 4.79 Å². The van der Waals surface area contributed by atoms with Gasteiger partial charge in [0.05, 0.1) is 0 Å². The molecule has 4 heteroatoms. The molecule has 118 valence electrons. The number of hydrogen-bond donors (Lipinski definition) is 2. The average Bonchev–Trinajstić information content (AvgIpc) is 2.41. The number of carbonyl (C=O) groups excluding carboxylic acids is 1. The summed E-state index contributed by atoms with van der Waals surface area (Å²) in [5.41, 5.74) is 2.07. The third-order valence-electron chi connectivity index (χ3n) is 3.03. The second-order valence-corrected chi connectivity index (χ2v) is 6.19. The lowest BCUT2D eigenvalue weighted by atomic mass is 10.1. The maximum Gasteiger partial charge on any atom is 0.407 e. The first-order valence-corrected chi connectivity index (χ1v) is 7.64. The van der Waals surface area contributed by atoms with Gasteiger partial charge in [0.25, 0.3) is 0 Å². The van der Waals surface area contributed by atoms with Gasteiger partial charge in [0.15, 0.2) is 0 Å². The van der Waals surface area contributed by atoms with Crippen molar-refractivity contribution in [2.24, 2.45) is 0 Å². The summed E-state index contributed by atoms with van der Waals surface area (Å²) in [6.45, 7) is 6.27. The summed E-state index contributed by atoms with van der Waals surface area (Å²) >= 11 is 0. The van der Waals surface area contributed by atoms with E-state index in [4.69, 9.17) is 4.74 Å². The molecule has 1 rings (SSSR count). The molecule has 0 aliphatic heterocycles. The van der Waals surface area contributed by atoms with Gasteiger partial charge in [0.1, 0.15) is 5.60 Å². The van der Waals surface area contributed by atoms with E-state index in [1.165, 1.54) is 5.56 Å². The van der Waals surface area contributed by atoms with Crippen molar-refractivity contribution in [2.45, 2.75) is 52.1 Å². The average molecular weight is 292 g/mol. The van der Waals surface area contributed by atoms with Crippen molar-refractivity contribution in [3.8, 4) is 0 Å². The number of ether oxygens (including phenoxy) is 1. The monoisotopic (exact) mass is 292 g/mol. The van der Waals surface area contributed by atoms with Gasteiger partial charge in [0, 0.05) is 19.3 Å². The lowest BCUT2D eigenvalue weighted by Crippen LogP contribution is -2.32. The van der Waals surface area contributed by atoms with Gasteiger partial charge < -0.3 is 15.4 Å². The maximum atomic E-state index is 11.4. The SMILES string of the molecule is CNc1cccc(CCCCCNC(=O)OC(C)(C)C)c1. The Labute approximate surface area is 128 Å². The predicted octanol–water partition coefficient (Wildman–Crippen LogP) is 3.97. The zero-order valence-electron chi connectivity index (χ0n) is 13.7. The van der Waals surface area contributed by atoms with Gasteiger partial charge in [-0.3, -0.25) is 0 Å². The Morgan fingerprint density at radius 3 is 2.62 bits per heavy atom. The van der Waals surface area contributed by atoms with Gasteiger partial charge >= 0.3 is 6.09 Å². The second-order valence-electron chi connectivity index (χ2n) is 6.19. The molecule has 0 aliphatic carbocycles. The van der Waals surface area contributed by atoms with Gasteiger partial charge in [0.2, 0.25) is 0 Å². The van der Waals surface area contributed by atoms with E-state index in [1.54, 1.807) is 0 Å². The highest BCUT2D eigenvalue weighted by Gasteiger charge is 2.15. The van der Waals surface area contributed by atoms with E-state index < -0.39 is 5.60 Å². The smallest absolute Gasteiger partial charge is 0.407 e. The van der Waals surface area contributed by atoms with Crippen LogP contribution in [0.3, 0.4) is 0 Å². The first-order chi connectivity index (χ1) is 9.90. The molecule has 1 aromatic carbocycles. The van der Waals surface area contributed by atoms with E-state index in [0.717, 1.165) is 31.4 Å². The van der Waals surface area contributed by atoms with Gasteiger partial charge in [-0.1, -0.05) is 18.6 Å². The molecule has 0 radical (unpaired) electrons. The Bertz CT molecular complexity index is 439. The van der Waals surface area contributed by atoms with Crippen molar-refractivity contribution in [3.63, 3.8) is 0 Å². The fraction of sp³-hybridized carbons (Fsp3) is 0.588. The molecule has 0 fully saturated rings. The molecule has 21 heavy (non-hydrogen) atoms. The minimum atomic E-state index is -0.428. The van der Waals surface area contributed by atoms with Crippen LogP contribution in [0.2, 0.25) is 0 Å². The Morgan fingerprint density at radius 2 is 1.95 bits per heavy atom. The molecule has 0 saturated heterocycles. The number of carbonyl (C=O) groups is 1. The molecule has 4 nitrogen and oxygen atoms in total. The van der Waals surface area contributed by atoms with Crippen LogP contribution in [-0.4, -0.2) is 25.3 Å². The molecule has 0 heterocycles. The molecule has 0 saturated carbocycles. The van der Waals surface area contributed by atoms with Crippen molar-refractivity contribution < 1.29 is 9.53 Å². The third-order valence-corrected chi connectivity index (χ3v) is 3.03. The molecule has 0 unspecified atom stereocenters. The normalized spacial score (nSPS) is 11.0. The number of amides is 1. The van der Waals surface area contributed by atoms with E-state index in [0.29, 0.717) is 6.54 Å². The molecule has 2 N–H and O–H groups in total. The Balaban J connectivity index is 2.10. The fourth-order valence-corrected chi connectivity index (χ4v) is 2.02. The fourth-order valence-electron chi connectivity index (χ4n) is 2.02. The lowest BCUT2D eigenvalue weighted by Gasteiger charge is -2.19. The highest BCUT2D eigenvalue weighted by molar-refractivity contribution is 5.67. The summed E-state index contributed by atoms with van der Waals surface area (Å²) < 4.78 is 5.18. The molecule has 0 aliphatic rings. The number of aryl methyl sites for hydroxylation is 1. The summed E-state index contributed by atoms with van der Waals surface area (Å²) in [7, 11) is 1.93. The summed E-state index contributed by atoms with van der Waals surface area (Å²) in [4.78, 5) is 11.4.